The molecule has 0 spiro atoms. The third-order valence-corrected chi connectivity index (χ3v) is 6.26. The second-order valence-electron chi connectivity index (χ2n) is 7.62. The summed E-state index contributed by atoms with van der Waals surface area (Å²) >= 11 is 8.04. The van der Waals surface area contributed by atoms with E-state index in [2.05, 4.69) is 60.0 Å². The summed E-state index contributed by atoms with van der Waals surface area (Å²) in [6.07, 6.45) is 0. The summed E-state index contributed by atoms with van der Waals surface area (Å²) in [5, 5.41) is 0.821. The van der Waals surface area contributed by atoms with Crippen LogP contribution in [0.2, 0.25) is 5.02 Å². The zero-order chi connectivity index (χ0) is 21.3. The number of fused-ring (bicyclic) bond motifs is 1. The summed E-state index contributed by atoms with van der Waals surface area (Å²) in [5.74, 6) is 0.327. The van der Waals surface area contributed by atoms with Crippen molar-refractivity contribution in [1.29, 1.82) is 0 Å². The predicted molar refractivity (Wildman–Crippen MR) is 125 cm³/mol. The van der Waals surface area contributed by atoms with Gasteiger partial charge in [-0.25, -0.2) is 0 Å². The Morgan fingerprint density at radius 3 is 2.77 bits per heavy atom. The normalized spacial score (nSPS) is 16.6. The zero-order valence-electron chi connectivity index (χ0n) is 17.8. The highest BCUT2D eigenvalue weighted by Crippen LogP contribution is 2.37. The summed E-state index contributed by atoms with van der Waals surface area (Å²) in [5.41, 5.74) is 10.7. The second kappa shape index (κ2) is 12.1. The number of aryl methyl sites for hydroxylation is 1. The third-order valence-electron chi connectivity index (χ3n) is 5.20. The van der Waals surface area contributed by atoms with Crippen molar-refractivity contribution in [3.63, 3.8) is 0 Å². The number of ether oxygens (including phenoxy) is 2. The van der Waals surface area contributed by atoms with Crippen molar-refractivity contribution in [1.82, 2.24) is 9.62 Å². The first-order chi connectivity index (χ1) is 14.6. The number of hydrogen-bond donors (Lipinski definition) is 2. The lowest BCUT2D eigenvalue weighted by Crippen LogP contribution is -2.31. The van der Waals surface area contributed by atoms with Crippen LogP contribution in [-0.4, -0.2) is 58.0 Å². The largest absolute Gasteiger partial charge is 0.378 e. The molecular weight excluding hydrogens is 418 g/mol. The molecule has 3 rings (SSSR count). The van der Waals surface area contributed by atoms with Crippen LogP contribution in [0.4, 0.5) is 0 Å². The fourth-order valence-corrected chi connectivity index (χ4v) is 4.78. The molecule has 0 saturated heterocycles. The van der Waals surface area contributed by atoms with Crippen LogP contribution in [0.25, 0.3) is 0 Å². The number of halogens is 1. The number of hydrogen-bond acceptors (Lipinski definition) is 6. The second-order valence-corrected chi connectivity index (χ2v) is 9.02. The van der Waals surface area contributed by atoms with Crippen molar-refractivity contribution in [3.8, 4) is 0 Å². The Morgan fingerprint density at radius 1 is 1.17 bits per heavy atom. The van der Waals surface area contributed by atoms with Gasteiger partial charge in [0.15, 0.2) is 0 Å². The molecule has 3 N–H and O–H groups in total. The van der Waals surface area contributed by atoms with Crippen LogP contribution in [0.5, 0.6) is 0 Å². The van der Waals surface area contributed by atoms with Gasteiger partial charge in [0.05, 0.1) is 26.4 Å². The van der Waals surface area contributed by atoms with Gasteiger partial charge in [0.25, 0.3) is 0 Å². The van der Waals surface area contributed by atoms with Gasteiger partial charge >= 0.3 is 0 Å². The first-order valence-electron chi connectivity index (χ1n) is 10.4. The van der Waals surface area contributed by atoms with Gasteiger partial charge in [-0.15, -0.1) is 0 Å². The van der Waals surface area contributed by atoms with Crippen molar-refractivity contribution in [2.45, 2.75) is 24.3 Å². The van der Waals surface area contributed by atoms with E-state index in [4.69, 9.17) is 26.8 Å². The zero-order valence-corrected chi connectivity index (χ0v) is 19.4. The molecule has 0 saturated carbocycles. The molecule has 5 nitrogen and oxygen atoms in total. The van der Waals surface area contributed by atoms with E-state index in [-0.39, 0.29) is 0 Å². The molecule has 164 valence electrons. The topological polar surface area (TPSA) is 59.8 Å². The van der Waals surface area contributed by atoms with Crippen LogP contribution in [0, 0.1) is 6.92 Å². The molecule has 0 bridgehead atoms. The quantitative estimate of drug-likeness (QED) is 0.402. The lowest BCUT2D eigenvalue weighted by Gasteiger charge is -2.34. The molecule has 0 aliphatic carbocycles. The van der Waals surface area contributed by atoms with E-state index in [0.717, 1.165) is 24.7 Å². The average Bonchev–Trinajstić information content (AvgIpc) is 2.73. The van der Waals surface area contributed by atoms with Crippen molar-refractivity contribution in [2.75, 3.05) is 53.1 Å². The Kier molecular flexibility index (Phi) is 9.46. The maximum Gasteiger partial charge on any atom is 0.0701 e. The monoisotopic (exact) mass is 449 g/mol. The van der Waals surface area contributed by atoms with Gasteiger partial charge in [-0.3, -0.25) is 4.72 Å². The fraction of sp³-hybridized carbons (Fsp3) is 0.478. The Hall–Kier alpha value is -1.12. The minimum atomic E-state index is 0.327. The Morgan fingerprint density at radius 2 is 1.97 bits per heavy atom. The molecule has 0 fully saturated rings. The number of nitrogens with zero attached hydrogens (tertiary/aromatic N) is 1. The Labute approximate surface area is 189 Å². The summed E-state index contributed by atoms with van der Waals surface area (Å²) in [7, 11) is 2.19. The molecule has 1 atom stereocenters. The molecule has 30 heavy (non-hydrogen) atoms. The van der Waals surface area contributed by atoms with Crippen LogP contribution >= 0.6 is 23.5 Å². The first-order valence-corrected chi connectivity index (χ1v) is 11.6. The van der Waals surface area contributed by atoms with E-state index in [1.54, 1.807) is 11.9 Å². The van der Waals surface area contributed by atoms with Crippen LogP contribution < -0.4 is 10.5 Å². The van der Waals surface area contributed by atoms with Gasteiger partial charge in [0, 0.05) is 42.0 Å². The van der Waals surface area contributed by atoms with E-state index in [1.165, 1.54) is 27.1 Å². The highest BCUT2D eigenvalue weighted by atomic mass is 35.5. The molecule has 1 aliphatic rings. The van der Waals surface area contributed by atoms with Gasteiger partial charge in [0.1, 0.15) is 0 Å². The minimum Gasteiger partial charge on any atom is -0.378 e. The molecule has 0 radical (unpaired) electrons. The fourth-order valence-electron chi connectivity index (χ4n) is 3.80. The summed E-state index contributed by atoms with van der Waals surface area (Å²) in [6.45, 7) is 7.87. The molecule has 2 aromatic rings. The molecular formula is C23H32ClN3O2S. The van der Waals surface area contributed by atoms with Gasteiger partial charge in [-0.2, -0.15) is 0 Å². The average molecular weight is 450 g/mol. The number of benzene rings is 2. The number of rotatable bonds is 11. The predicted octanol–water partition coefficient (Wildman–Crippen LogP) is 3.81. The number of nitrogens with one attached hydrogen (secondary N) is 1. The Balaban J connectivity index is 1.56. The molecule has 7 heteroatoms. The standard InChI is InChI=1S/C23H32ClN3O2S/c1-17-12-19(24)14-21-22(17)15-27(2)16-23(21)18-4-3-5-20(13-18)30-26-7-9-29-11-10-28-8-6-25/h3-5,12-14,23,26H,6-11,15-16,25H2,1-2H3. The van der Waals surface area contributed by atoms with E-state index < -0.39 is 0 Å². The Bertz CT molecular complexity index is 821. The molecule has 0 aromatic heterocycles. The third kappa shape index (κ3) is 6.69. The van der Waals surface area contributed by atoms with Gasteiger partial charge in [-0.1, -0.05) is 23.7 Å². The molecule has 1 unspecified atom stereocenters. The first kappa shape index (κ1) is 23.5. The lowest BCUT2D eigenvalue weighted by atomic mass is 9.83. The maximum atomic E-state index is 6.39. The summed E-state index contributed by atoms with van der Waals surface area (Å²) in [6, 6.07) is 13.0. The van der Waals surface area contributed by atoms with Crippen LogP contribution in [0.15, 0.2) is 41.3 Å². The van der Waals surface area contributed by atoms with Gasteiger partial charge in [-0.05, 0) is 72.4 Å². The maximum absolute atomic E-state index is 6.39. The highest BCUT2D eigenvalue weighted by molar-refractivity contribution is 7.97. The van der Waals surface area contributed by atoms with Gasteiger partial charge in [0.2, 0.25) is 0 Å². The van der Waals surface area contributed by atoms with Crippen molar-refractivity contribution < 1.29 is 9.47 Å². The van der Waals surface area contributed by atoms with E-state index in [1.807, 2.05) is 0 Å². The summed E-state index contributed by atoms with van der Waals surface area (Å²) < 4.78 is 14.2. The molecule has 1 heterocycles. The highest BCUT2D eigenvalue weighted by Gasteiger charge is 2.26. The van der Waals surface area contributed by atoms with E-state index in [9.17, 15) is 0 Å². The smallest absolute Gasteiger partial charge is 0.0701 e. The van der Waals surface area contributed by atoms with Crippen LogP contribution in [0.1, 0.15) is 28.2 Å². The van der Waals surface area contributed by atoms with Crippen molar-refractivity contribution in [2.24, 2.45) is 5.73 Å². The SMILES string of the molecule is Cc1cc(Cl)cc2c1CN(C)CC2c1cccc(SNCCOCCOCCN)c1. The molecule has 0 amide bonds. The van der Waals surface area contributed by atoms with E-state index in [0.29, 0.717) is 38.9 Å². The summed E-state index contributed by atoms with van der Waals surface area (Å²) in [4.78, 5) is 3.59. The number of likely N-dealkylation sites (N-methyl/N-ethyl adjacent to an activating group) is 1. The van der Waals surface area contributed by atoms with Gasteiger partial charge < -0.3 is 20.1 Å². The van der Waals surface area contributed by atoms with Crippen LogP contribution in [-0.2, 0) is 16.0 Å². The van der Waals surface area contributed by atoms with Crippen LogP contribution in [0.3, 0.4) is 0 Å². The van der Waals surface area contributed by atoms with Crippen molar-refractivity contribution in [3.05, 3.63) is 63.7 Å². The lowest BCUT2D eigenvalue weighted by molar-refractivity contribution is 0.0532. The number of nitrogens with two attached hydrogens (primary N) is 1. The van der Waals surface area contributed by atoms with Crippen molar-refractivity contribution >= 4 is 23.5 Å². The van der Waals surface area contributed by atoms with E-state index >= 15 is 0 Å². The molecule has 2 aromatic carbocycles. The molecule has 1 aliphatic heterocycles. The minimum absolute atomic E-state index is 0.327.